The zero-order valence-corrected chi connectivity index (χ0v) is 16.1. The van der Waals surface area contributed by atoms with Crippen LogP contribution < -0.4 is 5.73 Å². The first-order valence-corrected chi connectivity index (χ1v) is 9.30. The van der Waals surface area contributed by atoms with Gasteiger partial charge in [-0.2, -0.15) is 0 Å². The van der Waals surface area contributed by atoms with E-state index in [2.05, 4.69) is 9.47 Å². The molecule has 144 valence electrons. The van der Waals surface area contributed by atoms with E-state index in [1.54, 1.807) is 12.1 Å². The number of halogens is 1. The Bertz CT molecular complexity index is 867. The molecule has 0 unspecified atom stereocenters. The zero-order valence-electron chi connectivity index (χ0n) is 14.4. The SMILES string of the molecule is COC(=O)c1sc(N)c(C(=O)OC)c1COC(=O)CSc1ccccc1F. The predicted octanol–water partition coefficient (Wildman–Crippen LogP) is 2.88. The first-order valence-electron chi connectivity index (χ1n) is 7.49. The number of methoxy groups -OCH3 is 2. The van der Waals surface area contributed by atoms with Gasteiger partial charge in [-0.05, 0) is 12.1 Å². The highest BCUT2D eigenvalue weighted by atomic mass is 32.2. The van der Waals surface area contributed by atoms with Crippen molar-refractivity contribution in [2.45, 2.75) is 11.5 Å². The fourth-order valence-electron chi connectivity index (χ4n) is 2.10. The van der Waals surface area contributed by atoms with Crippen LogP contribution in [0, 0.1) is 5.82 Å². The number of thioether (sulfide) groups is 1. The summed E-state index contributed by atoms with van der Waals surface area (Å²) in [6.45, 7) is -0.376. The summed E-state index contributed by atoms with van der Waals surface area (Å²) in [7, 11) is 2.34. The predicted molar refractivity (Wildman–Crippen MR) is 98.3 cm³/mol. The van der Waals surface area contributed by atoms with Gasteiger partial charge < -0.3 is 19.9 Å². The zero-order chi connectivity index (χ0) is 20.0. The third-order valence-corrected chi connectivity index (χ3v) is 5.42. The molecular formula is C17H16FNO6S2. The van der Waals surface area contributed by atoms with Crippen LogP contribution in [0.15, 0.2) is 29.2 Å². The highest BCUT2D eigenvalue weighted by molar-refractivity contribution is 8.00. The van der Waals surface area contributed by atoms with Gasteiger partial charge in [0, 0.05) is 10.5 Å². The molecule has 0 amide bonds. The fraction of sp³-hybridized carbons (Fsp3) is 0.235. The molecular weight excluding hydrogens is 397 g/mol. The van der Waals surface area contributed by atoms with E-state index < -0.39 is 23.7 Å². The molecule has 0 aliphatic heterocycles. The van der Waals surface area contributed by atoms with Gasteiger partial charge >= 0.3 is 17.9 Å². The van der Waals surface area contributed by atoms with Gasteiger partial charge in [-0.15, -0.1) is 23.1 Å². The summed E-state index contributed by atoms with van der Waals surface area (Å²) in [5.74, 6) is -2.72. The molecule has 0 spiro atoms. The largest absolute Gasteiger partial charge is 0.465 e. The number of carbonyl (C=O) groups is 3. The van der Waals surface area contributed by atoms with Gasteiger partial charge in [-0.1, -0.05) is 12.1 Å². The molecule has 1 aromatic carbocycles. The Morgan fingerprint density at radius 1 is 1.15 bits per heavy atom. The number of hydrogen-bond donors (Lipinski definition) is 1. The summed E-state index contributed by atoms with van der Waals surface area (Å²) < 4.78 is 28.0. The number of carbonyl (C=O) groups excluding carboxylic acids is 3. The molecule has 0 saturated carbocycles. The molecule has 0 aliphatic rings. The quantitative estimate of drug-likeness (QED) is 0.420. The number of ether oxygens (including phenoxy) is 3. The molecule has 2 aromatic rings. The summed E-state index contributed by atoms with van der Waals surface area (Å²) in [4.78, 5) is 36.2. The van der Waals surface area contributed by atoms with Gasteiger partial charge in [0.05, 0.1) is 20.0 Å². The first kappa shape index (κ1) is 20.7. The number of anilines is 1. The molecule has 7 nitrogen and oxygen atoms in total. The second-order valence-electron chi connectivity index (χ2n) is 5.01. The Balaban J connectivity index is 2.11. The van der Waals surface area contributed by atoms with Crippen molar-refractivity contribution < 1.29 is 33.0 Å². The van der Waals surface area contributed by atoms with E-state index >= 15 is 0 Å². The molecule has 1 aromatic heterocycles. The van der Waals surface area contributed by atoms with Gasteiger partial charge in [0.2, 0.25) is 0 Å². The van der Waals surface area contributed by atoms with Crippen LogP contribution in [0.1, 0.15) is 25.6 Å². The highest BCUT2D eigenvalue weighted by Gasteiger charge is 2.28. The van der Waals surface area contributed by atoms with Crippen LogP contribution in [-0.2, 0) is 25.6 Å². The molecule has 0 fully saturated rings. The fourth-order valence-corrected chi connectivity index (χ4v) is 3.82. The van der Waals surface area contributed by atoms with E-state index in [9.17, 15) is 18.8 Å². The first-order chi connectivity index (χ1) is 12.9. The van der Waals surface area contributed by atoms with Crippen molar-refractivity contribution in [3.8, 4) is 0 Å². The minimum absolute atomic E-state index is 0.0440. The normalized spacial score (nSPS) is 10.3. The van der Waals surface area contributed by atoms with Gasteiger partial charge in [-0.25, -0.2) is 14.0 Å². The molecule has 1 heterocycles. The van der Waals surface area contributed by atoms with Gasteiger partial charge in [0.1, 0.15) is 27.9 Å². The van der Waals surface area contributed by atoms with Crippen LogP contribution in [0.4, 0.5) is 9.39 Å². The molecule has 2 rings (SSSR count). The molecule has 0 radical (unpaired) electrons. The van der Waals surface area contributed by atoms with Crippen LogP contribution in [0.5, 0.6) is 0 Å². The Kier molecular flexibility index (Phi) is 7.19. The minimum atomic E-state index is -0.759. The van der Waals surface area contributed by atoms with Gasteiger partial charge in [0.15, 0.2) is 0 Å². The number of hydrogen-bond acceptors (Lipinski definition) is 9. The van der Waals surface area contributed by atoms with Gasteiger partial charge in [0.25, 0.3) is 0 Å². The van der Waals surface area contributed by atoms with Crippen molar-refractivity contribution in [3.63, 3.8) is 0 Å². The molecule has 0 bridgehead atoms. The smallest absolute Gasteiger partial charge is 0.348 e. The van der Waals surface area contributed by atoms with Crippen LogP contribution in [0.3, 0.4) is 0 Å². The number of nitrogen functional groups attached to an aromatic ring is 1. The van der Waals surface area contributed by atoms with Crippen molar-refractivity contribution in [1.29, 1.82) is 0 Å². The van der Waals surface area contributed by atoms with Crippen molar-refractivity contribution in [2.24, 2.45) is 0 Å². The van der Waals surface area contributed by atoms with E-state index in [1.807, 2.05) is 0 Å². The second-order valence-corrected chi connectivity index (χ2v) is 7.08. The Morgan fingerprint density at radius 3 is 2.44 bits per heavy atom. The lowest BCUT2D eigenvalue weighted by Gasteiger charge is -2.08. The van der Waals surface area contributed by atoms with Crippen molar-refractivity contribution in [3.05, 3.63) is 46.1 Å². The lowest BCUT2D eigenvalue weighted by Crippen LogP contribution is -2.13. The lowest BCUT2D eigenvalue weighted by atomic mass is 10.1. The van der Waals surface area contributed by atoms with E-state index in [4.69, 9.17) is 10.5 Å². The number of nitrogens with two attached hydrogens (primary N) is 1. The average Bonchev–Trinajstić information content (AvgIpc) is 3.00. The molecule has 0 atom stereocenters. The second kappa shape index (κ2) is 9.38. The molecule has 0 aliphatic carbocycles. The summed E-state index contributed by atoms with van der Waals surface area (Å²) in [5, 5.41) is 0.0500. The highest BCUT2D eigenvalue weighted by Crippen LogP contribution is 2.33. The van der Waals surface area contributed by atoms with Crippen LogP contribution in [0.2, 0.25) is 0 Å². The maximum absolute atomic E-state index is 13.6. The Morgan fingerprint density at radius 2 is 1.81 bits per heavy atom. The molecule has 2 N–H and O–H groups in total. The van der Waals surface area contributed by atoms with Gasteiger partial charge in [-0.3, -0.25) is 4.79 Å². The maximum Gasteiger partial charge on any atom is 0.348 e. The Labute approximate surface area is 162 Å². The standard InChI is InChI=1S/C17H16FNO6S2/c1-23-16(21)13-9(14(17(22)24-2)27-15(13)19)7-25-12(20)8-26-11-6-4-3-5-10(11)18/h3-6H,7-8,19H2,1-2H3. The monoisotopic (exact) mass is 413 g/mol. The van der Waals surface area contributed by atoms with Crippen LogP contribution in [0.25, 0.3) is 0 Å². The Hall–Kier alpha value is -2.59. The van der Waals surface area contributed by atoms with E-state index in [-0.39, 0.29) is 33.4 Å². The molecule has 0 saturated heterocycles. The van der Waals surface area contributed by atoms with Crippen molar-refractivity contribution in [2.75, 3.05) is 25.7 Å². The van der Waals surface area contributed by atoms with Crippen molar-refractivity contribution in [1.82, 2.24) is 0 Å². The maximum atomic E-state index is 13.6. The van der Waals surface area contributed by atoms with E-state index in [0.717, 1.165) is 30.2 Å². The third-order valence-electron chi connectivity index (χ3n) is 3.35. The van der Waals surface area contributed by atoms with Crippen LogP contribution >= 0.6 is 23.1 Å². The number of rotatable bonds is 7. The summed E-state index contributed by atoms with van der Waals surface area (Å²) >= 11 is 1.81. The number of thiophene rings is 1. The lowest BCUT2D eigenvalue weighted by molar-refractivity contribution is -0.141. The molecule has 10 heteroatoms. The number of benzene rings is 1. The summed E-state index contributed by atoms with van der Waals surface area (Å²) in [5.41, 5.74) is 5.86. The summed E-state index contributed by atoms with van der Waals surface area (Å²) in [6.07, 6.45) is 0. The third kappa shape index (κ3) is 4.98. The topological polar surface area (TPSA) is 105 Å². The van der Waals surface area contributed by atoms with E-state index in [1.165, 1.54) is 19.2 Å². The van der Waals surface area contributed by atoms with Crippen molar-refractivity contribution >= 4 is 46.0 Å². The van der Waals surface area contributed by atoms with E-state index in [0.29, 0.717) is 4.90 Å². The minimum Gasteiger partial charge on any atom is -0.465 e. The average molecular weight is 413 g/mol. The van der Waals surface area contributed by atoms with Crippen LogP contribution in [-0.4, -0.2) is 37.9 Å². The number of esters is 3. The molecule has 27 heavy (non-hydrogen) atoms. The summed E-state index contributed by atoms with van der Waals surface area (Å²) in [6, 6.07) is 6.02.